The smallest absolute Gasteiger partial charge is 0.241 e. The Morgan fingerprint density at radius 2 is 2.24 bits per heavy atom. The highest BCUT2D eigenvalue weighted by atomic mass is 32.1. The van der Waals surface area contributed by atoms with E-state index in [0.29, 0.717) is 12.2 Å². The zero-order valence-electron chi connectivity index (χ0n) is 9.97. The molecule has 17 heavy (non-hydrogen) atoms. The van der Waals surface area contributed by atoms with E-state index in [1.54, 1.807) is 10.3 Å². The van der Waals surface area contributed by atoms with Crippen LogP contribution in [-0.2, 0) is 4.79 Å². The predicted octanol–water partition coefficient (Wildman–Crippen LogP) is 1.01. The number of hydrogen-bond donors (Lipinski definition) is 0. The summed E-state index contributed by atoms with van der Waals surface area (Å²) in [6, 6.07) is 0. The van der Waals surface area contributed by atoms with E-state index in [1.165, 1.54) is 18.3 Å². The summed E-state index contributed by atoms with van der Waals surface area (Å²) in [6.07, 6.45) is 0.928. The Balaban J connectivity index is 2.15. The highest BCUT2D eigenvalue weighted by Gasteiger charge is 2.21. The lowest BCUT2D eigenvalue weighted by molar-refractivity contribution is -0.127. The molecule has 1 aliphatic heterocycles. The van der Waals surface area contributed by atoms with Crippen molar-refractivity contribution in [3.05, 3.63) is 11.1 Å². The average molecular weight is 253 g/mol. The zero-order valence-corrected chi connectivity index (χ0v) is 10.8. The number of thiazole rings is 1. The van der Waals surface area contributed by atoms with Crippen molar-refractivity contribution in [2.45, 2.75) is 13.3 Å². The van der Waals surface area contributed by atoms with Crippen molar-refractivity contribution in [2.75, 3.05) is 31.6 Å². The van der Waals surface area contributed by atoms with E-state index in [-0.39, 0.29) is 11.7 Å². The number of ketones is 1. The summed E-state index contributed by atoms with van der Waals surface area (Å²) in [5.41, 5.74) is 0.482. The lowest BCUT2D eigenvalue weighted by Crippen LogP contribution is -2.34. The number of hydrogen-bond acceptors (Lipinski definition) is 5. The molecule has 0 unspecified atom stereocenters. The first-order valence-electron chi connectivity index (χ1n) is 5.53. The molecule has 0 bridgehead atoms. The Hall–Kier alpha value is -1.43. The van der Waals surface area contributed by atoms with E-state index in [4.69, 9.17) is 0 Å². The van der Waals surface area contributed by atoms with Crippen LogP contribution in [0.4, 0.5) is 5.13 Å². The number of carbonyl (C=O) groups excluding carboxylic acids is 2. The first kappa shape index (κ1) is 12.0. The normalized spacial score (nSPS) is 17.2. The maximum Gasteiger partial charge on any atom is 0.241 e. The van der Waals surface area contributed by atoms with E-state index in [2.05, 4.69) is 4.98 Å². The number of rotatable bonds is 2. The van der Waals surface area contributed by atoms with Crippen LogP contribution in [0.1, 0.15) is 23.8 Å². The highest BCUT2D eigenvalue weighted by molar-refractivity contribution is 7.14. The summed E-state index contributed by atoms with van der Waals surface area (Å²) in [5.74, 6) is 0.0628. The summed E-state index contributed by atoms with van der Waals surface area (Å²) >= 11 is 1.42. The molecule has 1 saturated heterocycles. The molecule has 1 aliphatic rings. The van der Waals surface area contributed by atoms with Gasteiger partial charge < -0.3 is 9.80 Å². The number of carbonyl (C=O) groups is 2. The number of aromatic nitrogens is 1. The van der Waals surface area contributed by atoms with Crippen LogP contribution >= 0.6 is 11.3 Å². The van der Waals surface area contributed by atoms with Crippen LogP contribution in [0.5, 0.6) is 0 Å². The fourth-order valence-corrected chi connectivity index (χ4v) is 2.61. The molecule has 0 atom stereocenters. The third-order valence-corrected chi connectivity index (χ3v) is 3.70. The molecule has 0 radical (unpaired) electrons. The molecule has 0 N–H and O–H groups in total. The van der Waals surface area contributed by atoms with Crippen LogP contribution in [0, 0.1) is 0 Å². The monoisotopic (exact) mass is 253 g/mol. The van der Waals surface area contributed by atoms with Crippen LogP contribution in [-0.4, -0.2) is 48.3 Å². The van der Waals surface area contributed by atoms with Gasteiger partial charge in [-0.2, -0.15) is 0 Å². The van der Waals surface area contributed by atoms with Gasteiger partial charge in [0, 0.05) is 32.4 Å². The molecule has 5 nitrogen and oxygen atoms in total. The minimum absolute atomic E-state index is 0.0363. The van der Waals surface area contributed by atoms with Crippen molar-refractivity contribution in [1.82, 2.24) is 9.88 Å². The summed E-state index contributed by atoms with van der Waals surface area (Å²) in [5, 5.41) is 2.51. The fraction of sp³-hybridized carbons (Fsp3) is 0.545. The molecular weight excluding hydrogens is 238 g/mol. The molecule has 1 fully saturated rings. The first-order valence-corrected chi connectivity index (χ1v) is 6.41. The van der Waals surface area contributed by atoms with Gasteiger partial charge in [-0.05, 0) is 6.42 Å². The molecule has 0 aliphatic carbocycles. The molecule has 2 rings (SSSR count). The van der Waals surface area contributed by atoms with E-state index in [0.717, 1.165) is 24.6 Å². The Bertz CT molecular complexity index is 444. The molecule has 0 aromatic carbocycles. The minimum atomic E-state index is -0.0363. The lowest BCUT2D eigenvalue weighted by atomic mass is 10.3. The van der Waals surface area contributed by atoms with Crippen LogP contribution < -0.4 is 4.90 Å². The van der Waals surface area contributed by atoms with Gasteiger partial charge in [0.2, 0.25) is 5.91 Å². The molecule has 0 saturated carbocycles. The van der Waals surface area contributed by atoms with Gasteiger partial charge in [-0.3, -0.25) is 9.59 Å². The number of Topliss-reactive ketones (excluding diaryl/α,β-unsaturated/α-hetero) is 1. The second-order valence-electron chi connectivity index (χ2n) is 4.16. The second-order valence-corrected chi connectivity index (χ2v) is 5.00. The number of anilines is 1. The van der Waals surface area contributed by atoms with Gasteiger partial charge in [0.25, 0.3) is 0 Å². The van der Waals surface area contributed by atoms with Crippen LogP contribution in [0.25, 0.3) is 0 Å². The highest BCUT2D eigenvalue weighted by Crippen LogP contribution is 2.22. The SMILES string of the molecule is CC(=O)c1csc(N2CCCN(C)C(=O)C2)n1. The van der Waals surface area contributed by atoms with Crippen LogP contribution in [0.2, 0.25) is 0 Å². The van der Waals surface area contributed by atoms with Crippen molar-refractivity contribution in [1.29, 1.82) is 0 Å². The molecule has 0 spiro atoms. The third-order valence-electron chi connectivity index (χ3n) is 2.80. The maximum atomic E-state index is 11.7. The quantitative estimate of drug-likeness (QED) is 0.738. The molecule has 6 heteroatoms. The third kappa shape index (κ3) is 2.63. The maximum absolute atomic E-state index is 11.7. The number of amides is 1. The van der Waals surface area contributed by atoms with Crippen molar-refractivity contribution < 1.29 is 9.59 Å². The Labute approximate surface area is 104 Å². The van der Waals surface area contributed by atoms with Crippen molar-refractivity contribution in [2.24, 2.45) is 0 Å². The van der Waals surface area contributed by atoms with Gasteiger partial charge in [0.15, 0.2) is 10.9 Å². The lowest BCUT2D eigenvalue weighted by Gasteiger charge is -2.18. The van der Waals surface area contributed by atoms with Gasteiger partial charge in [0.05, 0.1) is 6.54 Å². The van der Waals surface area contributed by atoms with E-state index < -0.39 is 0 Å². The Morgan fingerprint density at radius 1 is 1.47 bits per heavy atom. The van der Waals surface area contributed by atoms with Crippen LogP contribution in [0.3, 0.4) is 0 Å². The largest absolute Gasteiger partial charge is 0.344 e. The van der Waals surface area contributed by atoms with Crippen LogP contribution in [0.15, 0.2) is 5.38 Å². The molecule has 92 valence electrons. The predicted molar refractivity (Wildman–Crippen MR) is 66.6 cm³/mol. The van der Waals surface area contributed by atoms with Gasteiger partial charge >= 0.3 is 0 Å². The first-order chi connectivity index (χ1) is 8.08. The molecule has 1 aromatic rings. The number of nitrogens with zero attached hydrogens (tertiary/aromatic N) is 3. The van der Waals surface area contributed by atoms with Gasteiger partial charge in [-0.1, -0.05) is 0 Å². The molecular formula is C11H15N3O2S. The fourth-order valence-electron chi connectivity index (χ4n) is 1.72. The van der Waals surface area contributed by atoms with Gasteiger partial charge in [0.1, 0.15) is 5.69 Å². The van der Waals surface area contributed by atoms with Crippen molar-refractivity contribution in [3.8, 4) is 0 Å². The average Bonchev–Trinajstić information content (AvgIpc) is 2.70. The van der Waals surface area contributed by atoms with Crippen molar-refractivity contribution >= 4 is 28.2 Å². The molecule has 1 amide bonds. The topological polar surface area (TPSA) is 53.5 Å². The summed E-state index contributed by atoms with van der Waals surface area (Å²) < 4.78 is 0. The van der Waals surface area contributed by atoms with Crippen molar-refractivity contribution in [3.63, 3.8) is 0 Å². The van der Waals surface area contributed by atoms with E-state index in [9.17, 15) is 9.59 Å². The minimum Gasteiger partial charge on any atom is -0.344 e. The second kappa shape index (κ2) is 4.83. The van der Waals surface area contributed by atoms with Gasteiger partial charge in [-0.15, -0.1) is 11.3 Å². The molecule has 2 heterocycles. The Kier molecular flexibility index (Phi) is 3.42. The standard InChI is InChI=1S/C11H15N3O2S/c1-8(15)9-7-17-11(12-9)14-5-3-4-13(2)10(16)6-14/h7H,3-6H2,1-2H3. The summed E-state index contributed by atoms with van der Waals surface area (Å²) in [6.45, 7) is 3.43. The Morgan fingerprint density at radius 3 is 2.88 bits per heavy atom. The summed E-state index contributed by atoms with van der Waals surface area (Å²) in [4.78, 5) is 30.9. The zero-order chi connectivity index (χ0) is 12.4. The molecule has 1 aromatic heterocycles. The summed E-state index contributed by atoms with van der Waals surface area (Å²) in [7, 11) is 1.81. The van der Waals surface area contributed by atoms with Gasteiger partial charge in [-0.25, -0.2) is 4.98 Å². The van der Waals surface area contributed by atoms with E-state index in [1.807, 2.05) is 11.9 Å². The number of likely N-dealkylation sites (N-methyl/N-ethyl adjacent to an activating group) is 1. The van der Waals surface area contributed by atoms with E-state index >= 15 is 0 Å².